The predicted octanol–water partition coefficient (Wildman–Crippen LogP) is 3.97. The Morgan fingerprint density at radius 3 is 2.39 bits per heavy atom. The molecule has 0 fully saturated rings. The van der Waals surface area contributed by atoms with E-state index < -0.39 is 5.54 Å². The van der Waals surface area contributed by atoms with Crippen molar-refractivity contribution < 1.29 is 4.52 Å². The van der Waals surface area contributed by atoms with Crippen molar-refractivity contribution in [2.45, 2.75) is 32.2 Å². The quantitative estimate of drug-likeness (QED) is 0.909. The summed E-state index contributed by atoms with van der Waals surface area (Å²) in [5.41, 5.74) is 7.61. The van der Waals surface area contributed by atoms with Crippen molar-refractivity contribution in [2.24, 2.45) is 5.73 Å². The maximum absolute atomic E-state index is 6.28. The van der Waals surface area contributed by atoms with E-state index in [-0.39, 0.29) is 0 Å². The molecule has 2 aromatic rings. The van der Waals surface area contributed by atoms with Gasteiger partial charge in [-0.05, 0) is 25.0 Å². The summed E-state index contributed by atoms with van der Waals surface area (Å²) in [6.07, 6.45) is 1.64. The van der Waals surface area contributed by atoms with Crippen LogP contribution in [0.4, 0.5) is 0 Å². The third-order valence-electron chi connectivity index (χ3n) is 3.40. The number of halogens is 1. The van der Waals surface area contributed by atoms with Crippen molar-refractivity contribution in [3.8, 4) is 11.3 Å². The van der Waals surface area contributed by atoms with E-state index in [0.717, 1.165) is 29.9 Å². The van der Waals surface area contributed by atoms with Crippen molar-refractivity contribution in [3.63, 3.8) is 0 Å². The monoisotopic (exact) mass is 264 g/mol. The smallest absolute Gasteiger partial charge is 0.157 e. The highest BCUT2D eigenvalue weighted by atomic mass is 35.5. The molecule has 3 nitrogen and oxygen atoms in total. The number of rotatable bonds is 4. The number of nitrogens with two attached hydrogens (primary N) is 1. The second-order valence-electron chi connectivity index (χ2n) is 4.45. The first-order valence-corrected chi connectivity index (χ1v) is 6.49. The Labute approximate surface area is 112 Å². The minimum absolute atomic E-state index is 0.433. The van der Waals surface area contributed by atoms with Gasteiger partial charge in [-0.25, -0.2) is 0 Å². The molecule has 0 amide bonds. The molecule has 1 aromatic carbocycles. The Morgan fingerprint density at radius 2 is 1.83 bits per heavy atom. The van der Waals surface area contributed by atoms with Gasteiger partial charge in [0.1, 0.15) is 5.69 Å². The molecule has 2 N–H and O–H groups in total. The molecule has 1 heterocycles. The minimum Gasteiger partial charge on any atom is -0.359 e. The van der Waals surface area contributed by atoms with Crippen LogP contribution in [0.2, 0.25) is 5.02 Å². The Morgan fingerprint density at radius 1 is 1.22 bits per heavy atom. The van der Waals surface area contributed by atoms with Crippen LogP contribution < -0.4 is 5.73 Å². The summed E-state index contributed by atoms with van der Waals surface area (Å²) in [4.78, 5) is 0. The SMILES string of the molecule is CCC(N)(CC)c1cc(-c2ccc(Cl)cc2)no1. The van der Waals surface area contributed by atoms with E-state index in [1.165, 1.54) is 0 Å². The van der Waals surface area contributed by atoms with Gasteiger partial charge in [0, 0.05) is 16.7 Å². The van der Waals surface area contributed by atoms with Gasteiger partial charge >= 0.3 is 0 Å². The van der Waals surface area contributed by atoms with Crippen LogP contribution >= 0.6 is 11.6 Å². The summed E-state index contributed by atoms with van der Waals surface area (Å²) in [5.74, 6) is 0.734. The third kappa shape index (κ3) is 2.42. The first-order valence-electron chi connectivity index (χ1n) is 6.11. The number of hydrogen-bond donors (Lipinski definition) is 1. The zero-order chi connectivity index (χ0) is 13.2. The first kappa shape index (κ1) is 13.1. The van der Waals surface area contributed by atoms with E-state index in [9.17, 15) is 0 Å². The molecule has 96 valence electrons. The van der Waals surface area contributed by atoms with Crippen LogP contribution in [0, 0.1) is 0 Å². The summed E-state index contributed by atoms with van der Waals surface area (Å²) in [6.45, 7) is 4.10. The van der Waals surface area contributed by atoms with E-state index in [0.29, 0.717) is 5.02 Å². The molecule has 0 atom stereocenters. The molecule has 2 rings (SSSR count). The predicted molar refractivity (Wildman–Crippen MR) is 73.4 cm³/mol. The molecule has 0 saturated carbocycles. The topological polar surface area (TPSA) is 52.0 Å². The van der Waals surface area contributed by atoms with Crippen molar-refractivity contribution in [1.29, 1.82) is 0 Å². The molecule has 18 heavy (non-hydrogen) atoms. The molecule has 0 radical (unpaired) electrons. The molecule has 0 spiro atoms. The maximum atomic E-state index is 6.28. The standard InChI is InChI=1S/C14H17ClN2O/c1-3-14(16,4-2)13-9-12(17-18-13)10-5-7-11(15)8-6-10/h5-9H,3-4,16H2,1-2H3. The third-order valence-corrected chi connectivity index (χ3v) is 3.65. The molecule has 0 aliphatic carbocycles. The van der Waals surface area contributed by atoms with Gasteiger partial charge in [-0.15, -0.1) is 0 Å². The summed E-state index contributed by atoms with van der Waals surface area (Å²) >= 11 is 5.86. The maximum Gasteiger partial charge on any atom is 0.157 e. The van der Waals surface area contributed by atoms with Gasteiger partial charge < -0.3 is 10.3 Å². The summed E-state index contributed by atoms with van der Waals surface area (Å²) in [5, 5.41) is 4.79. The average Bonchev–Trinajstić information content (AvgIpc) is 2.89. The zero-order valence-electron chi connectivity index (χ0n) is 10.6. The second kappa shape index (κ2) is 5.12. The van der Waals surface area contributed by atoms with Crippen LogP contribution in [0.15, 0.2) is 34.9 Å². The molecule has 0 saturated heterocycles. The van der Waals surface area contributed by atoms with Gasteiger partial charge in [0.05, 0.1) is 5.54 Å². The van der Waals surface area contributed by atoms with Crippen LogP contribution in [-0.2, 0) is 5.54 Å². The van der Waals surface area contributed by atoms with Gasteiger partial charge in [0.2, 0.25) is 0 Å². The zero-order valence-corrected chi connectivity index (χ0v) is 11.4. The van der Waals surface area contributed by atoms with Crippen LogP contribution in [0.3, 0.4) is 0 Å². The lowest BCUT2D eigenvalue weighted by molar-refractivity contribution is 0.278. The van der Waals surface area contributed by atoms with Crippen molar-refractivity contribution in [3.05, 3.63) is 41.1 Å². The highest BCUT2D eigenvalue weighted by molar-refractivity contribution is 6.30. The van der Waals surface area contributed by atoms with Crippen molar-refractivity contribution in [2.75, 3.05) is 0 Å². The average molecular weight is 265 g/mol. The van der Waals surface area contributed by atoms with Crippen LogP contribution in [0.1, 0.15) is 32.4 Å². The molecule has 0 aliphatic rings. The highest BCUT2D eigenvalue weighted by Crippen LogP contribution is 2.29. The minimum atomic E-state index is -0.433. The molecule has 0 unspecified atom stereocenters. The number of benzene rings is 1. The number of hydrogen-bond acceptors (Lipinski definition) is 3. The van der Waals surface area contributed by atoms with Gasteiger partial charge in [-0.1, -0.05) is 42.7 Å². The normalized spacial score (nSPS) is 11.8. The van der Waals surface area contributed by atoms with E-state index >= 15 is 0 Å². The van der Waals surface area contributed by atoms with Crippen molar-refractivity contribution in [1.82, 2.24) is 5.16 Å². The van der Waals surface area contributed by atoms with Crippen molar-refractivity contribution >= 4 is 11.6 Å². The van der Waals surface area contributed by atoms with E-state index in [1.807, 2.05) is 44.2 Å². The Kier molecular flexibility index (Phi) is 3.73. The Hall–Kier alpha value is -1.32. The molecular formula is C14H17ClN2O. The first-order chi connectivity index (χ1) is 8.59. The van der Waals surface area contributed by atoms with Gasteiger partial charge in [0.25, 0.3) is 0 Å². The fourth-order valence-electron chi connectivity index (χ4n) is 1.87. The summed E-state index contributed by atoms with van der Waals surface area (Å²) < 4.78 is 5.39. The van der Waals surface area contributed by atoms with E-state index in [4.69, 9.17) is 21.9 Å². The number of aromatic nitrogens is 1. The lowest BCUT2D eigenvalue weighted by Crippen LogP contribution is -2.34. The van der Waals surface area contributed by atoms with Gasteiger partial charge in [0.15, 0.2) is 5.76 Å². The number of nitrogens with zero attached hydrogens (tertiary/aromatic N) is 1. The summed E-state index contributed by atoms with van der Waals surface area (Å²) in [7, 11) is 0. The molecule has 1 aromatic heterocycles. The molecular weight excluding hydrogens is 248 g/mol. The highest BCUT2D eigenvalue weighted by Gasteiger charge is 2.28. The largest absolute Gasteiger partial charge is 0.359 e. The lowest BCUT2D eigenvalue weighted by Gasteiger charge is -2.22. The Bertz CT molecular complexity index is 515. The molecule has 0 aliphatic heterocycles. The molecule has 0 bridgehead atoms. The molecule has 4 heteroatoms. The Balaban J connectivity index is 2.33. The van der Waals surface area contributed by atoms with Crippen LogP contribution in [0.5, 0.6) is 0 Å². The van der Waals surface area contributed by atoms with Crippen LogP contribution in [-0.4, -0.2) is 5.16 Å². The van der Waals surface area contributed by atoms with E-state index in [1.54, 1.807) is 0 Å². The van der Waals surface area contributed by atoms with E-state index in [2.05, 4.69) is 5.16 Å². The summed E-state index contributed by atoms with van der Waals surface area (Å²) in [6, 6.07) is 9.41. The van der Waals surface area contributed by atoms with Gasteiger partial charge in [-0.3, -0.25) is 0 Å². The van der Waals surface area contributed by atoms with Crippen LogP contribution in [0.25, 0.3) is 11.3 Å². The lowest BCUT2D eigenvalue weighted by atomic mass is 9.91. The fourth-order valence-corrected chi connectivity index (χ4v) is 1.99. The fraction of sp³-hybridized carbons (Fsp3) is 0.357. The van der Waals surface area contributed by atoms with Gasteiger partial charge in [-0.2, -0.15) is 0 Å². The second-order valence-corrected chi connectivity index (χ2v) is 4.88.